The van der Waals surface area contributed by atoms with E-state index in [1.54, 1.807) is 0 Å². The molecule has 0 aromatic rings. The highest BCUT2D eigenvalue weighted by molar-refractivity contribution is 6.17. The predicted molar refractivity (Wildman–Crippen MR) is 63.6 cm³/mol. The molecular formula is C11H18ClF3N2O. The highest BCUT2D eigenvalue weighted by Gasteiger charge is 2.34. The minimum atomic E-state index is -4.17. The Bertz CT molecular complexity index is 268. The topological polar surface area (TPSA) is 41.1 Å². The second-order valence-electron chi connectivity index (χ2n) is 4.57. The monoisotopic (exact) mass is 286 g/mol. The Hall–Kier alpha value is -0.490. The Kier molecular flexibility index (Phi) is 6.21. The molecule has 2 N–H and O–H groups in total. The summed E-state index contributed by atoms with van der Waals surface area (Å²) in [5.74, 6) is 0.500. The van der Waals surface area contributed by atoms with Crippen LogP contribution in [-0.2, 0) is 4.79 Å². The molecule has 0 unspecified atom stereocenters. The van der Waals surface area contributed by atoms with Crippen LogP contribution in [-0.4, -0.2) is 36.6 Å². The molecular weight excluding hydrogens is 269 g/mol. The van der Waals surface area contributed by atoms with E-state index in [4.69, 9.17) is 11.6 Å². The Morgan fingerprint density at radius 2 is 1.89 bits per heavy atom. The van der Waals surface area contributed by atoms with Crippen molar-refractivity contribution in [3.63, 3.8) is 0 Å². The van der Waals surface area contributed by atoms with E-state index in [1.165, 1.54) is 0 Å². The van der Waals surface area contributed by atoms with E-state index in [0.717, 1.165) is 12.8 Å². The molecule has 3 nitrogen and oxygen atoms in total. The fraction of sp³-hybridized carbons (Fsp3) is 0.909. The van der Waals surface area contributed by atoms with E-state index >= 15 is 0 Å². The van der Waals surface area contributed by atoms with E-state index < -0.39 is 12.7 Å². The minimum Gasteiger partial charge on any atom is -0.353 e. The van der Waals surface area contributed by atoms with Crippen LogP contribution in [0.5, 0.6) is 0 Å². The maximum atomic E-state index is 11.9. The third kappa shape index (κ3) is 6.44. The van der Waals surface area contributed by atoms with Gasteiger partial charge in [-0.1, -0.05) is 0 Å². The first-order chi connectivity index (χ1) is 8.40. The lowest BCUT2D eigenvalue weighted by Gasteiger charge is -2.36. The number of unbranched alkanes of at least 4 members (excludes halogenated alkanes) is 1. The molecule has 0 bridgehead atoms. The molecule has 7 heteroatoms. The van der Waals surface area contributed by atoms with Gasteiger partial charge < -0.3 is 10.6 Å². The quantitative estimate of drug-likeness (QED) is 0.556. The van der Waals surface area contributed by atoms with E-state index in [1.807, 2.05) is 0 Å². The van der Waals surface area contributed by atoms with Gasteiger partial charge in [0.1, 0.15) is 0 Å². The standard InChI is InChI=1S/C11H18ClF3N2O/c12-4-2-1-3-10(18)17-9-5-8(6-9)16-7-11(13,14)15/h8-9,16H,1-7H2,(H,17,18). The normalized spacial score (nSPS) is 23.6. The molecule has 0 aliphatic heterocycles. The van der Waals surface area contributed by atoms with Crippen molar-refractivity contribution in [2.75, 3.05) is 12.4 Å². The smallest absolute Gasteiger partial charge is 0.353 e. The third-order valence-electron chi connectivity index (χ3n) is 2.88. The average molecular weight is 287 g/mol. The van der Waals surface area contributed by atoms with Crippen LogP contribution in [0.15, 0.2) is 0 Å². The number of alkyl halides is 4. The van der Waals surface area contributed by atoms with Gasteiger partial charge in [-0.05, 0) is 25.7 Å². The third-order valence-corrected chi connectivity index (χ3v) is 3.15. The van der Waals surface area contributed by atoms with Crippen LogP contribution in [0.4, 0.5) is 13.2 Å². The fourth-order valence-electron chi connectivity index (χ4n) is 1.84. The summed E-state index contributed by atoms with van der Waals surface area (Å²) in [6.07, 6.45) is -1.05. The number of nitrogens with one attached hydrogen (secondary N) is 2. The minimum absolute atomic E-state index is 0.0132. The Morgan fingerprint density at radius 3 is 2.44 bits per heavy atom. The number of hydrogen-bond acceptors (Lipinski definition) is 2. The second-order valence-corrected chi connectivity index (χ2v) is 4.95. The molecule has 1 rings (SSSR count). The Morgan fingerprint density at radius 1 is 1.22 bits per heavy atom. The van der Waals surface area contributed by atoms with Crippen LogP contribution in [0.25, 0.3) is 0 Å². The molecule has 1 aliphatic carbocycles. The summed E-state index contributed by atoms with van der Waals surface area (Å²) < 4.78 is 35.7. The van der Waals surface area contributed by atoms with Crippen LogP contribution >= 0.6 is 11.6 Å². The van der Waals surface area contributed by atoms with Crippen LogP contribution in [0.1, 0.15) is 32.1 Å². The van der Waals surface area contributed by atoms with Gasteiger partial charge in [-0.25, -0.2) is 0 Å². The van der Waals surface area contributed by atoms with Gasteiger partial charge in [0.15, 0.2) is 0 Å². The zero-order valence-electron chi connectivity index (χ0n) is 10.0. The van der Waals surface area contributed by atoms with Crippen molar-refractivity contribution in [3.8, 4) is 0 Å². The molecule has 0 saturated heterocycles. The van der Waals surface area contributed by atoms with Gasteiger partial charge in [0.25, 0.3) is 0 Å². The average Bonchev–Trinajstić information content (AvgIpc) is 2.20. The van der Waals surface area contributed by atoms with Gasteiger partial charge in [0.05, 0.1) is 6.54 Å². The first-order valence-corrected chi connectivity index (χ1v) is 6.59. The molecule has 0 atom stereocenters. The lowest BCUT2D eigenvalue weighted by atomic mass is 9.86. The van der Waals surface area contributed by atoms with Crippen molar-refractivity contribution in [1.29, 1.82) is 0 Å². The molecule has 1 saturated carbocycles. The van der Waals surface area contributed by atoms with Crippen molar-refractivity contribution < 1.29 is 18.0 Å². The Labute approximate surface area is 109 Å². The van der Waals surface area contributed by atoms with Gasteiger partial charge in [-0.15, -0.1) is 11.6 Å². The molecule has 0 spiro atoms. The molecule has 18 heavy (non-hydrogen) atoms. The first-order valence-electron chi connectivity index (χ1n) is 6.06. The fourth-order valence-corrected chi connectivity index (χ4v) is 2.03. The van der Waals surface area contributed by atoms with Gasteiger partial charge >= 0.3 is 6.18 Å². The maximum absolute atomic E-state index is 11.9. The highest BCUT2D eigenvalue weighted by Crippen LogP contribution is 2.22. The van der Waals surface area contributed by atoms with Gasteiger partial charge in [-0.3, -0.25) is 4.79 Å². The molecule has 0 radical (unpaired) electrons. The van der Waals surface area contributed by atoms with E-state index in [-0.39, 0.29) is 18.0 Å². The number of halogens is 4. The lowest BCUT2D eigenvalue weighted by Crippen LogP contribution is -2.53. The predicted octanol–water partition coefficient (Wildman–Crippen LogP) is 2.19. The SMILES string of the molecule is O=C(CCCCCl)NC1CC(NCC(F)(F)F)C1. The summed E-state index contributed by atoms with van der Waals surface area (Å²) in [5.41, 5.74) is 0. The number of hydrogen-bond donors (Lipinski definition) is 2. The summed E-state index contributed by atoms with van der Waals surface area (Å²) in [5, 5.41) is 5.22. The molecule has 1 fully saturated rings. The number of carbonyl (C=O) groups is 1. The summed E-state index contributed by atoms with van der Waals surface area (Å²) >= 11 is 5.49. The maximum Gasteiger partial charge on any atom is 0.401 e. The van der Waals surface area contributed by atoms with Crippen LogP contribution < -0.4 is 10.6 Å². The van der Waals surface area contributed by atoms with Crippen molar-refractivity contribution >= 4 is 17.5 Å². The first kappa shape index (κ1) is 15.6. The summed E-state index contributed by atoms with van der Waals surface area (Å²) in [6, 6.07) is -0.126. The number of rotatable bonds is 7. The van der Waals surface area contributed by atoms with Crippen molar-refractivity contribution in [2.45, 2.75) is 50.4 Å². The molecule has 0 heterocycles. The van der Waals surface area contributed by atoms with Crippen molar-refractivity contribution in [2.24, 2.45) is 0 Å². The molecule has 0 aromatic carbocycles. The zero-order valence-corrected chi connectivity index (χ0v) is 10.8. The molecule has 1 amide bonds. The van der Waals surface area contributed by atoms with E-state index in [0.29, 0.717) is 25.1 Å². The summed E-state index contributed by atoms with van der Waals surface area (Å²) in [4.78, 5) is 11.4. The van der Waals surface area contributed by atoms with Gasteiger partial charge in [-0.2, -0.15) is 13.2 Å². The van der Waals surface area contributed by atoms with E-state index in [9.17, 15) is 18.0 Å². The van der Waals surface area contributed by atoms with Crippen molar-refractivity contribution in [3.05, 3.63) is 0 Å². The van der Waals surface area contributed by atoms with Crippen molar-refractivity contribution in [1.82, 2.24) is 10.6 Å². The molecule has 106 valence electrons. The number of amides is 1. The number of carbonyl (C=O) groups excluding carboxylic acids is 1. The van der Waals surface area contributed by atoms with E-state index in [2.05, 4.69) is 10.6 Å². The molecule has 1 aliphatic rings. The largest absolute Gasteiger partial charge is 0.401 e. The van der Waals surface area contributed by atoms with Gasteiger partial charge in [0, 0.05) is 24.4 Å². The lowest BCUT2D eigenvalue weighted by molar-refractivity contribution is -0.129. The van der Waals surface area contributed by atoms with Crippen LogP contribution in [0.3, 0.4) is 0 Å². The van der Waals surface area contributed by atoms with Crippen LogP contribution in [0, 0.1) is 0 Å². The Balaban J connectivity index is 2.03. The zero-order chi connectivity index (χ0) is 13.6. The van der Waals surface area contributed by atoms with Gasteiger partial charge in [0.2, 0.25) is 5.91 Å². The summed E-state index contributed by atoms with van der Waals surface area (Å²) in [6.45, 7) is -0.964. The van der Waals surface area contributed by atoms with Crippen LogP contribution in [0.2, 0.25) is 0 Å². The second kappa shape index (κ2) is 7.19. The highest BCUT2D eigenvalue weighted by atomic mass is 35.5. The molecule has 0 aromatic heterocycles. The summed E-state index contributed by atoms with van der Waals surface area (Å²) in [7, 11) is 0.